The summed E-state index contributed by atoms with van der Waals surface area (Å²) in [6.45, 7) is 1.54. The Hall–Kier alpha value is -1.75. The minimum Gasteiger partial charge on any atom is -0.381 e. The monoisotopic (exact) mass is 231 g/mol. The topological polar surface area (TPSA) is 56.5 Å². The fourth-order valence-electron chi connectivity index (χ4n) is 2.28. The summed E-state index contributed by atoms with van der Waals surface area (Å²) in [5.74, 6) is 1.31. The van der Waals surface area contributed by atoms with Gasteiger partial charge < -0.3 is 4.74 Å². The Labute approximate surface area is 98.4 Å². The van der Waals surface area contributed by atoms with Gasteiger partial charge in [0, 0.05) is 25.3 Å². The van der Waals surface area contributed by atoms with Crippen LogP contribution in [0.3, 0.4) is 0 Å². The number of carbonyl (C=O) groups is 1. The van der Waals surface area contributed by atoms with Gasteiger partial charge in [0.15, 0.2) is 11.9 Å². The predicted molar refractivity (Wildman–Crippen MR) is 61.2 cm³/mol. The summed E-state index contributed by atoms with van der Waals surface area (Å²) in [6.07, 6.45) is 4.66. The van der Waals surface area contributed by atoms with E-state index < -0.39 is 0 Å². The molecule has 0 radical (unpaired) electrons. The van der Waals surface area contributed by atoms with Crippen molar-refractivity contribution in [2.45, 2.75) is 18.8 Å². The normalized spacial score (nSPS) is 17.4. The minimum absolute atomic E-state index is 0.376. The van der Waals surface area contributed by atoms with Gasteiger partial charge in [0.25, 0.3) is 0 Å². The third-order valence-electron chi connectivity index (χ3n) is 3.20. The summed E-state index contributed by atoms with van der Waals surface area (Å²) < 4.78 is 7.26. The van der Waals surface area contributed by atoms with Crippen molar-refractivity contribution in [1.82, 2.24) is 14.6 Å². The van der Waals surface area contributed by atoms with Gasteiger partial charge in [-0.25, -0.2) is 0 Å². The summed E-state index contributed by atoms with van der Waals surface area (Å²) in [5.41, 5.74) is 1.22. The zero-order chi connectivity index (χ0) is 11.7. The Morgan fingerprint density at radius 2 is 2.18 bits per heavy atom. The third-order valence-corrected chi connectivity index (χ3v) is 3.20. The second-order valence-corrected chi connectivity index (χ2v) is 4.22. The lowest BCUT2D eigenvalue weighted by Gasteiger charge is -2.20. The number of aldehydes is 1. The summed E-state index contributed by atoms with van der Waals surface area (Å²) in [4.78, 5) is 10.9. The molecule has 0 N–H and O–H groups in total. The fraction of sp³-hybridized carbons (Fsp3) is 0.417. The van der Waals surface area contributed by atoms with Gasteiger partial charge in [-0.1, -0.05) is 0 Å². The molecule has 3 rings (SSSR count). The molecular formula is C12H13N3O2. The highest BCUT2D eigenvalue weighted by Crippen LogP contribution is 2.26. The van der Waals surface area contributed by atoms with E-state index in [1.54, 1.807) is 6.07 Å². The van der Waals surface area contributed by atoms with Crippen molar-refractivity contribution < 1.29 is 9.53 Å². The average molecular weight is 231 g/mol. The van der Waals surface area contributed by atoms with E-state index in [-0.39, 0.29) is 0 Å². The first-order valence-corrected chi connectivity index (χ1v) is 5.76. The van der Waals surface area contributed by atoms with E-state index in [0.29, 0.717) is 17.1 Å². The first-order chi connectivity index (χ1) is 8.40. The van der Waals surface area contributed by atoms with Gasteiger partial charge in [-0.2, -0.15) is 0 Å². The van der Waals surface area contributed by atoms with Crippen LogP contribution in [0.4, 0.5) is 0 Å². The lowest BCUT2D eigenvalue weighted by molar-refractivity contribution is 0.0834. The van der Waals surface area contributed by atoms with Crippen molar-refractivity contribution in [3.8, 4) is 0 Å². The van der Waals surface area contributed by atoms with Gasteiger partial charge >= 0.3 is 0 Å². The smallest absolute Gasteiger partial charge is 0.171 e. The second-order valence-electron chi connectivity index (χ2n) is 4.22. The van der Waals surface area contributed by atoms with Crippen molar-refractivity contribution in [3.05, 3.63) is 29.7 Å². The summed E-state index contributed by atoms with van der Waals surface area (Å²) in [6, 6.07) is 3.60. The molecule has 2 aromatic heterocycles. The maximum Gasteiger partial charge on any atom is 0.171 e. The van der Waals surface area contributed by atoms with Crippen LogP contribution in [0.2, 0.25) is 0 Å². The van der Waals surface area contributed by atoms with Crippen molar-refractivity contribution in [1.29, 1.82) is 0 Å². The van der Waals surface area contributed by atoms with Crippen LogP contribution in [0.15, 0.2) is 18.3 Å². The van der Waals surface area contributed by atoms with Crippen molar-refractivity contribution >= 4 is 11.9 Å². The molecule has 1 aliphatic heterocycles. The highest BCUT2D eigenvalue weighted by Gasteiger charge is 2.21. The molecular weight excluding hydrogens is 218 g/mol. The molecule has 0 aliphatic carbocycles. The molecule has 0 aromatic carbocycles. The number of aromatic nitrogens is 3. The molecule has 0 spiro atoms. The Bertz CT molecular complexity index is 544. The number of nitrogens with zero attached hydrogens (tertiary/aromatic N) is 3. The predicted octanol–water partition coefficient (Wildman–Crippen LogP) is 1.44. The van der Waals surface area contributed by atoms with Gasteiger partial charge in [0.2, 0.25) is 0 Å². The van der Waals surface area contributed by atoms with E-state index in [1.165, 1.54) is 0 Å². The van der Waals surface area contributed by atoms with Crippen LogP contribution in [0, 0.1) is 0 Å². The zero-order valence-electron chi connectivity index (χ0n) is 9.37. The SMILES string of the molecule is O=Cc1cccn2c(C3CCOCC3)nnc12. The van der Waals surface area contributed by atoms with E-state index in [0.717, 1.165) is 38.2 Å². The zero-order valence-corrected chi connectivity index (χ0v) is 9.37. The summed E-state index contributed by atoms with van der Waals surface area (Å²) in [5, 5.41) is 8.33. The molecule has 1 fully saturated rings. The molecule has 5 nitrogen and oxygen atoms in total. The molecule has 1 aliphatic rings. The molecule has 3 heterocycles. The maximum absolute atomic E-state index is 10.9. The lowest BCUT2D eigenvalue weighted by Crippen LogP contribution is -2.16. The van der Waals surface area contributed by atoms with E-state index in [4.69, 9.17) is 4.74 Å². The molecule has 0 amide bonds. The number of carbonyl (C=O) groups excluding carboxylic acids is 1. The van der Waals surface area contributed by atoms with Gasteiger partial charge in [-0.15, -0.1) is 10.2 Å². The summed E-state index contributed by atoms with van der Waals surface area (Å²) in [7, 11) is 0. The highest BCUT2D eigenvalue weighted by molar-refractivity contribution is 5.83. The van der Waals surface area contributed by atoms with Crippen molar-refractivity contribution in [2.24, 2.45) is 0 Å². The van der Waals surface area contributed by atoms with Crippen LogP contribution in [0.1, 0.15) is 34.9 Å². The van der Waals surface area contributed by atoms with E-state index >= 15 is 0 Å². The number of fused-ring (bicyclic) bond motifs is 1. The van der Waals surface area contributed by atoms with Crippen LogP contribution in [0.5, 0.6) is 0 Å². The van der Waals surface area contributed by atoms with Gasteiger partial charge in [-0.05, 0) is 25.0 Å². The first-order valence-electron chi connectivity index (χ1n) is 5.76. The standard InChI is InChI=1S/C12H13N3O2/c16-8-10-2-1-5-15-11(13-14-12(10)15)9-3-6-17-7-4-9/h1-2,5,8-9H,3-4,6-7H2. The average Bonchev–Trinajstić information content (AvgIpc) is 2.83. The quantitative estimate of drug-likeness (QED) is 0.734. The Morgan fingerprint density at radius 3 is 2.94 bits per heavy atom. The Morgan fingerprint density at radius 1 is 1.35 bits per heavy atom. The van der Waals surface area contributed by atoms with Crippen LogP contribution < -0.4 is 0 Å². The number of rotatable bonds is 2. The van der Waals surface area contributed by atoms with Gasteiger partial charge in [0.05, 0.1) is 5.56 Å². The van der Waals surface area contributed by atoms with E-state index in [9.17, 15) is 4.79 Å². The lowest BCUT2D eigenvalue weighted by atomic mass is 9.99. The Kier molecular flexibility index (Phi) is 2.60. The summed E-state index contributed by atoms with van der Waals surface area (Å²) >= 11 is 0. The van der Waals surface area contributed by atoms with E-state index in [2.05, 4.69) is 10.2 Å². The molecule has 0 bridgehead atoms. The minimum atomic E-state index is 0.376. The first kappa shape index (κ1) is 10.4. The van der Waals surface area contributed by atoms with Gasteiger partial charge in [0.1, 0.15) is 5.82 Å². The molecule has 1 saturated heterocycles. The number of hydrogen-bond donors (Lipinski definition) is 0. The van der Waals surface area contributed by atoms with Crippen LogP contribution >= 0.6 is 0 Å². The van der Waals surface area contributed by atoms with Crippen LogP contribution in [-0.4, -0.2) is 34.1 Å². The van der Waals surface area contributed by atoms with Crippen LogP contribution in [-0.2, 0) is 4.74 Å². The number of ether oxygens (including phenoxy) is 1. The highest BCUT2D eigenvalue weighted by atomic mass is 16.5. The van der Waals surface area contributed by atoms with Crippen molar-refractivity contribution in [3.63, 3.8) is 0 Å². The third kappa shape index (κ3) is 1.72. The molecule has 17 heavy (non-hydrogen) atoms. The molecule has 0 unspecified atom stereocenters. The number of pyridine rings is 1. The Balaban J connectivity index is 2.08. The van der Waals surface area contributed by atoms with Crippen molar-refractivity contribution in [2.75, 3.05) is 13.2 Å². The number of hydrogen-bond acceptors (Lipinski definition) is 4. The molecule has 0 atom stereocenters. The fourth-order valence-corrected chi connectivity index (χ4v) is 2.28. The largest absolute Gasteiger partial charge is 0.381 e. The van der Waals surface area contributed by atoms with Gasteiger partial charge in [-0.3, -0.25) is 9.20 Å². The second kappa shape index (κ2) is 4.25. The molecule has 2 aromatic rings. The van der Waals surface area contributed by atoms with Crippen LogP contribution in [0.25, 0.3) is 5.65 Å². The van der Waals surface area contributed by atoms with E-state index in [1.807, 2.05) is 16.7 Å². The maximum atomic E-state index is 10.9. The molecule has 5 heteroatoms. The molecule has 0 saturated carbocycles. The molecule has 88 valence electrons.